The van der Waals surface area contributed by atoms with Crippen molar-refractivity contribution in [2.24, 2.45) is 11.7 Å². The lowest BCUT2D eigenvalue weighted by Gasteiger charge is -2.26. The van der Waals surface area contributed by atoms with Crippen LogP contribution in [0.3, 0.4) is 0 Å². The standard InChI is InChI=1S/C12H22N4OS/c1-8(17-2)11-15-12(18-16-11)14-7-9-4-3-5-10(13)6-9/h8-10H,3-7,13H2,1-2H3,(H,14,15,16). The number of anilines is 1. The van der Waals surface area contributed by atoms with E-state index >= 15 is 0 Å². The number of nitrogens with zero attached hydrogens (tertiary/aromatic N) is 2. The van der Waals surface area contributed by atoms with Crippen LogP contribution < -0.4 is 11.1 Å². The van der Waals surface area contributed by atoms with Crippen molar-refractivity contribution in [3.05, 3.63) is 5.82 Å². The second kappa shape index (κ2) is 6.45. The summed E-state index contributed by atoms with van der Waals surface area (Å²) in [6.45, 7) is 2.90. The highest BCUT2D eigenvalue weighted by Crippen LogP contribution is 2.24. The average Bonchev–Trinajstić information content (AvgIpc) is 2.84. The molecule has 0 amide bonds. The molecule has 3 atom stereocenters. The lowest BCUT2D eigenvalue weighted by molar-refractivity contribution is 0.113. The molecular weight excluding hydrogens is 248 g/mol. The lowest BCUT2D eigenvalue weighted by Crippen LogP contribution is -2.30. The van der Waals surface area contributed by atoms with Gasteiger partial charge in [0.1, 0.15) is 6.10 Å². The third kappa shape index (κ3) is 3.63. The molecule has 0 bridgehead atoms. The molecule has 2 rings (SSSR count). The van der Waals surface area contributed by atoms with E-state index in [2.05, 4.69) is 14.7 Å². The van der Waals surface area contributed by atoms with E-state index < -0.39 is 0 Å². The monoisotopic (exact) mass is 270 g/mol. The van der Waals surface area contributed by atoms with Crippen LogP contribution in [0.1, 0.15) is 44.5 Å². The van der Waals surface area contributed by atoms with Gasteiger partial charge >= 0.3 is 0 Å². The van der Waals surface area contributed by atoms with Crippen molar-refractivity contribution >= 4 is 16.7 Å². The van der Waals surface area contributed by atoms with Crippen LogP contribution in [0, 0.1) is 5.92 Å². The van der Waals surface area contributed by atoms with Gasteiger partial charge in [-0.3, -0.25) is 0 Å². The fourth-order valence-corrected chi connectivity index (χ4v) is 2.98. The quantitative estimate of drug-likeness (QED) is 0.858. The van der Waals surface area contributed by atoms with Gasteiger partial charge in [0, 0.05) is 31.2 Å². The first-order valence-corrected chi connectivity index (χ1v) is 7.32. The van der Waals surface area contributed by atoms with E-state index in [-0.39, 0.29) is 6.10 Å². The smallest absolute Gasteiger partial charge is 0.202 e. The van der Waals surface area contributed by atoms with E-state index in [1.165, 1.54) is 30.8 Å². The molecule has 0 radical (unpaired) electrons. The minimum Gasteiger partial charge on any atom is -0.374 e. The van der Waals surface area contributed by atoms with Crippen molar-refractivity contribution in [3.63, 3.8) is 0 Å². The van der Waals surface area contributed by atoms with Gasteiger partial charge in [-0.25, -0.2) is 4.98 Å². The van der Waals surface area contributed by atoms with Crippen LogP contribution >= 0.6 is 11.5 Å². The van der Waals surface area contributed by atoms with Crippen LogP contribution in [0.2, 0.25) is 0 Å². The molecule has 5 nitrogen and oxygen atoms in total. The van der Waals surface area contributed by atoms with E-state index in [0.29, 0.717) is 12.0 Å². The highest BCUT2D eigenvalue weighted by molar-refractivity contribution is 7.09. The first kappa shape index (κ1) is 13.7. The third-order valence-corrected chi connectivity index (χ3v) is 4.21. The summed E-state index contributed by atoms with van der Waals surface area (Å²) < 4.78 is 9.48. The molecule has 0 spiro atoms. The van der Waals surface area contributed by atoms with Crippen molar-refractivity contribution in [2.75, 3.05) is 19.0 Å². The molecule has 1 fully saturated rings. The van der Waals surface area contributed by atoms with Crippen LogP contribution in [0.5, 0.6) is 0 Å². The SMILES string of the molecule is COC(C)c1nsc(NCC2CCCC(N)C2)n1. The number of nitrogens with one attached hydrogen (secondary N) is 1. The normalized spacial score (nSPS) is 25.9. The maximum Gasteiger partial charge on any atom is 0.202 e. The fraction of sp³-hybridized carbons (Fsp3) is 0.833. The van der Waals surface area contributed by atoms with E-state index in [1.807, 2.05) is 6.92 Å². The Hall–Kier alpha value is -0.720. The Kier molecular flexibility index (Phi) is 4.91. The molecule has 1 aliphatic carbocycles. The van der Waals surface area contributed by atoms with Crippen LogP contribution in [0.4, 0.5) is 5.13 Å². The summed E-state index contributed by atoms with van der Waals surface area (Å²) in [6, 6.07) is 0.379. The molecule has 3 unspecified atom stereocenters. The molecule has 0 saturated heterocycles. The number of nitrogens with two attached hydrogens (primary N) is 1. The number of methoxy groups -OCH3 is 1. The zero-order valence-corrected chi connectivity index (χ0v) is 11.9. The van der Waals surface area contributed by atoms with E-state index in [9.17, 15) is 0 Å². The first-order valence-electron chi connectivity index (χ1n) is 6.55. The Morgan fingerprint density at radius 2 is 2.39 bits per heavy atom. The predicted molar refractivity (Wildman–Crippen MR) is 73.8 cm³/mol. The van der Waals surface area contributed by atoms with Gasteiger partial charge < -0.3 is 15.8 Å². The lowest BCUT2D eigenvalue weighted by atomic mass is 9.86. The van der Waals surface area contributed by atoms with E-state index in [0.717, 1.165) is 23.9 Å². The second-order valence-electron chi connectivity index (χ2n) is 5.01. The maximum absolute atomic E-state index is 5.99. The zero-order valence-electron chi connectivity index (χ0n) is 11.1. The largest absolute Gasteiger partial charge is 0.374 e. The van der Waals surface area contributed by atoms with Crippen molar-refractivity contribution in [1.29, 1.82) is 0 Å². The predicted octanol–water partition coefficient (Wildman–Crippen LogP) is 2.17. The molecule has 1 aromatic heterocycles. The summed E-state index contributed by atoms with van der Waals surface area (Å²) in [4.78, 5) is 4.42. The highest BCUT2D eigenvalue weighted by atomic mass is 32.1. The summed E-state index contributed by atoms with van der Waals surface area (Å²) in [5.41, 5.74) is 5.99. The van der Waals surface area contributed by atoms with Gasteiger partial charge in [0.05, 0.1) is 0 Å². The molecule has 1 saturated carbocycles. The van der Waals surface area contributed by atoms with Crippen molar-refractivity contribution in [3.8, 4) is 0 Å². The van der Waals surface area contributed by atoms with E-state index in [4.69, 9.17) is 10.5 Å². The molecule has 0 aromatic carbocycles. The van der Waals surface area contributed by atoms with Gasteiger partial charge in [0.25, 0.3) is 0 Å². The molecule has 3 N–H and O–H groups in total. The van der Waals surface area contributed by atoms with Crippen molar-refractivity contribution < 1.29 is 4.74 Å². The number of hydrogen-bond donors (Lipinski definition) is 2. The van der Waals surface area contributed by atoms with Crippen molar-refractivity contribution in [2.45, 2.75) is 44.8 Å². The summed E-state index contributed by atoms with van der Waals surface area (Å²) >= 11 is 1.40. The minimum atomic E-state index is -0.0418. The molecule has 6 heteroatoms. The molecule has 18 heavy (non-hydrogen) atoms. The third-order valence-electron chi connectivity index (χ3n) is 3.52. The number of rotatable bonds is 5. The summed E-state index contributed by atoms with van der Waals surface area (Å²) in [5.74, 6) is 1.42. The number of ether oxygens (including phenoxy) is 1. The van der Waals surface area contributed by atoms with Gasteiger partial charge in [-0.05, 0) is 32.1 Å². The summed E-state index contributed by atoms with van der Waals surface area (Å²) in [7, 11) is 1.67. The molecule has 1 aromatic rings. The van der Waals surface area contributed by atoms with Crippen LogP contribution in [0.15, 0.2) is 0 Å². The Morgan fingerprint density at radius 1 is 1.56 bits per heavy atom. The number of aromatic nitrogens is 2. The first-order chi connectivity index (χ1) is 8.69. The molecule has 102 valence electrons. The zero-order chi connectivity index (χ0) is 13.0. The van der Waals surface area contributed by atoms with Crippen LogP contribution in [-0.2, 0) is 4.74 Å². The Balaban J connectivity index is 1.81. The van der Waals surface area contributed by atoms with Crippen LogP contribution in [-0.4, -0.2) is 29.1 Å². The highest BCUT2D eigenvalue weighted by Gasteiger charge is 2.19. The topological polar surface area (TPSA) is 73.1 Å². The van der Waals surface area contributed by atoms with Gasteiger partial charge in [-0.15, -0.1) is 0 Å². The molecule has 1 heterocycles. The van der Waals surface area contributed by atoms with E-state index in [1.54, 1.807) is 7.11 Å². The fourth-order valence-electron chi connectivity index (χ4n) is 2.33. The van der Waals surface area contributed by atoms with Gasteiger partial charge in [0.15, 0.2) is 5.82 Å². The Morgan fingerprint density at radius 3 is 3.11 bits per heavy atom. The second-order valence-corrected chi connectivity index (χ2v) is 5.76. The maximum atomic E-state index is 5.99. The molecule has 1 aliphatic rings. The molecule has 0 aliphatic heterocycles. The summed E-state index contributed by atoms with van der Waals surface area (Å²) in [5, 5.41) is 4.25. The minimum absolute atomic E-state index is 0.0418. The molecular formula is C12H22N4OS. The number of hydrogen-bond acceptors (Lipinski definition) is 6. The van der Waals surface area contributed by atoms with Gasteiger partial charge in [0.2, 0.25) is 5.13 Å². The Bertz CT molecular complexity index is 371. The Labute approximate surface area is 112 Å². The van der Waals surface area contributed by atoms with Crippen LogP contribution in [0.25, 0.3) is 0 Å². The average molecular weight is 270 g/mol. The van der Waals surface area contributed by atoms with Gasteiger partial charge in [-0.1, -0.05) is 6.42 Å². The van der Waals surface area contributed by atoms with Gasteiger partial charge in [-0.2, -0.15) is 4.37 Å². The van der Waals surface area contributed by atoms with Crippen molar-refractivity contribution in [1.82, 2.24) is 9.36 Å². The summed E-state index contributed by atoms with van der Waals surface area (Å²) in [6.07, 6.45) is 4.76.